The highest BCUT2D eigenvalue weighted by molar-refractivity contribution is 5.92. The van der Waals surface area contributed by atoms with Gasteiger partial charge in [-0.1, -0.05) is 6.08 Å². The Morgan fingerprint density at radius 1 is 1.18 bits per heavy atom. The summed E-state index contributed by atoms with van der Waals surface area (Å²) in [5.74, 6) is -2.39. The van der Waals surface area contributed by atoms with Crippen molar-refractivity contribution in [1.29, 1.82) is 0 Å². The average molecular weight is 396 g/mol. The van der Waals surface area contributed by atoms with Crippen LogP contribution in [-0.4, -0.2) is 59.4 Å². The highest BCUT2D eigenvalue weighted by atomic mass is 16.7. The molecule has 0 aromatic heterocycles. The van der Waals surface area contributed by atoms with Crippen LogP contribution in [0.5, 0.6) is 0 Å². The molecule has 0 aromatic rings. The summed E-state index contributed by atoms with van der Waals surface area (Å²) in [7, 11) is 0. The number of hydrogen-bond donors (Lipinski definition) is 1. The van der Waals surface area contributed by atoms with Crippen LogP contribution in [0.4, 0.5) is 0 Å². The summed E-state index contributed by atoms with van der Waals surface area (Å²) in [5.41, 5.74) is 4.34. The lowest BCUT2D eigenvalue weighted by atomic mass is 10.0. The quantitative estimate of drug-likeness (QED) is 0.490. The number of hydrogen-bond acceptors (Lipinski definition) is 9. The van der Waals surface area contributed by atoms with E-state index >= 15 is 0 Å². The lowest BCUT2D eigenvalue weighted by Crippen LogP contribution is -2.53. The third-order valence-electron chi connectivity index (χ3n) is 4.36. The second-order valence-corrected chi connectivity index (χ2v) is 6.63. The van der Waals surface area contributed by atoms with E-state index in [9.17, 15) is 19.2 Å². The molecule has 10 nitrogen and oxygen atoms in total. The Labute approximate surface area is 162 Å². The molecule has 2 aliphatic heterocycles. The van der Waals surface area contributed by atoms with Gasteiger partial charge >= 0.3 is 17.9 Å². The number of ether oxygens (including phenoxy) is 4. The summed E-state index contributed by atoms with van der Waals surface area (Å²) >= 11 is 0. The van der Waals surface area contributed by atoms with Crippen molar-refractivity contribution in [2.75, 3.05) is 6.61 Å². The van der Waals surface area contributed by atoms with Gasteiger partial charge in [0.05, 0.1) is 0 Å². The van der Waals surface area contributed by atoms with Gasteiger partial charge in [-0.3, -0.25) is 19.2 Å². The minimum absolute atomic E-state index is 0.218. The highest BCUT2D eigenvalue weighted by Crippen LogP contribution is 2.40. The zero-order valence-electron chi connectivity index (χ0n) is 16.2. The number of esters is 3. The van der Waals surface area contributed by atoms with Gasteiger partial charge in [0.1, 0.15) is 12.7 Å². The van der Waals surface area contributed by atoms with E-state index in [4.69, 9.17) is 24.7 Å². The van der Waals surface area contributed by atoms with Gasteiger partial charge in [-0.25, -0.2) is 0 Å². The number of amides is 1. The number of rotatable bonds is 6. The first-order valence-corrected chi connectivity index (χ1v) is 8.65. The van der Waals surface area contributed by atoms with Crippen molar-refractivity contribution in [2.45, 2.75) is 58.2 Å². The van der Waals surface area contributed by atoms with Crippen molar-refractivity contribution in [3.8, 4) is 0 Å². The van der Waals surface area contributed by atoms with Crippen LogP contribution in [0, 0.1) is 0 Å². The maximum absolute atomic E-state index is 11.7. The Kier molecular flexibility index (Phi) is 6.45. The van der Waals surface area contributed by atoms with Gasteiger partial charge in [0.25, 0.3) is 0 Å². The Morgan fingerprint density at radius 2 is 1.82 bits per heavy atom. The number of nitrogens with zero attached hydrogens (tertiary/aromatic N) is 1. The van der Waals surface area contributed by atoms with E-state index < -0.39 is 47.9 Å². The van der Waals surface area contributed by atoms with Crippen molar-refractivity contribution in [1.82, 2.24) is 4.90 Å². The summed E-state index contributed by atoms with van der Waals surface area (Å²) in [4.78, 5) is 47.6. The van der Waals surface area contributed by atoms with Crippen molar-refractivity contribution in [2.24, 2.45) is 5.73 Å². The lowest BCUT2D eigenvalue weighted by Gasteiger charge is -2.39. The van der Waals surface area contributed by atoms with Gasteiger partial charge in [-0.2, -0.15) is 0 Å². The summed E-state index contributed by atoms with van der Waals surface area (Å²) < 4.78 is 21.8. The summed E-state index contributed by atoms with van der Waals surface area (Å²) in [6, 6.07) is 0. The molecule has 1 amide bonds. The van der Waals surface area contributed by atoms with Gasteiger partial charge in [0.15, 0.2) is 17.9 Å². The largest absolute Gasteiger partial charge is 0.463 e. The molecule has 4 atom stereocenters. The molecular formula is C18H24N2O8. The highest BCUT2D eigenvalue weighted by Gasteiger charge is 2.59. The van der Waals surface area contributed by atoms with Crippen LogP contribution in [0.15, 0.2) is 24.0 Å². The Morgan fingerprint density at radius 3 is 2.36 bits per heavy atom. The maximum Gasteiger partial charge on any atom is 0.303 e. The third-order valence-corrected chi connectivity index (χ3v) is 4.36. The van der Waals surface area contributed by atoms with E-state index in [2.05, 4.69) is 0 Å². The first-order valence-electron chi connectivity index (χ1n) is 8.65. The fourth-order valence-electron chi connectivity index (χ4n) is 3.16. The van der Waals surface area contributed by atoms with Crippen LogP contribution in [0.2, 0.25) is 0 Å². The Hall–Kier alpha value is -2.88. The summed E-state index contributed by atoms with van der Waals surface area (Å²) in [6.07, 6.45) is 2.15. The first-order chi connectivity index (χ1) is 13.0. The minimum Gasteiger partial charge on any atom is -0.463 e. The van der Waals surface area contributed by atoms with Gasteiger partial charge < -0.3 is 29.6 Å². The molecule has 10 heteroatoms. The van der Waals surface area contributed by atoms with E-state index in [0.29, 0.717) is 12.0 Å². The molecule has 2 rings (SSSR count). The van der Waals surface area contributed by atoms with Crippen LogP contribution in [-0.2, 0) is 38.1 Å². The van der Waals surface area contributed by atoms with Gasteiger partial charge in [0, 0.05) is 38.7 Å². The molecule has 1 saturated heterocycles. The number of carbonyl (C=O) groups excluding carboxylic acids is 4. The average Bonchev–Trinajstić information content (AvgIpc) is 2.85. The molecule has 0 radical (unpaired) electrons. The minimum atomic E-state index is -1.35. The zero-order valence-corrected chi connectivity index (χ0v) is 16.2. The molecule has 0 spiro atoms. The van der Waals surface area contributed by atoms with Crippen LogP contribution in [0.25, 0.3) is 0 Å². The van der Waals surface area contributed by atoms with E-state index in [0.717, 1.165) is 0 Å². The zero-order chi connectivity index (χ0) is 21.1. The van der Waals surface area contributed by atoms with Crippen molar-refractivity contribution in [3.63, 3.8) is 0 Å². The van der Waals surface area contributed by atoms with Crippen LogP contribution >= 0.6 is 0 Å². The number of allylic oxidation sites excluding steroid dienone is 1. The second-order valence-electron chi connectivity index (χ2n) is 6.63. The number of carbonyl (C=O) groups is 4. The molecule has 28 heavy (non-hydrogen) atoms. The SMILES string of the molecule is CC(=O)OCC1O[C@](C)(N2C=CCC(C(N)=O)=C2)[C@H](OC(C)=O)[C@@H]1OC(C)=O. The summed E-state index contributed by atoms with van der Waals surface area (Å²) in [5, 5.41) is 0. The molecule has 154 valence electrons. The standard InChI is InChI=1S/C18H24N2O8/c1-10(21)25-9-14-15(26-11(2)22)16(27-12(3)23)18(4,28-14)20-7-5-6-13(8-20)17(19)24/h5,7-8,14-16H,6,9H2,1-4H3,(H2,19,24)/t14?,15-,16-,18+/m1/s1. The third kappa shape index (κ3) is 4.69. The van der Waals surface area contributed by atoms with E-state index in [1.54, 1.807) is 19.2 Å². The molecule has 2 heterocycles. The second kappa shape index (κ2) is 8.42. The molecule has 0 aliphatic carbocycles. The molecule has 1 fully saturated rings. The van der Waals surface area contributed by atoms with Gasteiger partial charge in [-0.15, -0.1) is 0 Å². The predicted molar refractivity (Wildman–Crippen MR) is 93.9 cm³/mol. The van der Waals surface area contributed by atoms with Crippen molar-refractivity contribution in [3.05, 3.63) is 24.0 Å². The van der Waals surface area contributed by atoms with Crippen molar-refractivity contribution < 1.29 is 38.1 Å². The van der Waals surface area contributed by atoms with E-state index in [1.165, 1.54) is 31.9 Å². The predicted octanol–water partition coefficient (Wildman–Crippen LogP) is 0.117. The number of primary amides is 1. The maximum atomic E-state index is 11.7. The number of nitrogens with two attached hydrogens (primary N) is 1. The molecule has 0 saturated carbocycles. The van der Waals surface area contributed by atoms with Gasteiger partial charge in [-0.05, 0) is 13.3 Å². The topological polar surface area (TPSA) is 134 Å². The monoisotopic (exact) mass is 396 g/mol. The van der Waals surface area contributed by atoms with E-state index in [1.807, 2.05) is 0 Å². The van der Waals surface area contributed by atoms with Crippen LogP contribution in [0.1, 0.15) is 34.1 Å². The van der Waals surface area contributed by atoms with Gasteiger partial charge in [0.2, 0.25) is 5.91 Å². The Bertz CT molecular complexity index is 731. The Balaban J connectivity index is 2.43. The molecule has 2 N–H and O–H groups in total. The smallest absolute Gasteiger partial charge is 0.303 e. The van der Waals surface area contributed by atoms with E-state index in [-0.39, 0.29) is 6.61 Å². The molecule has 0 aromatic carbocycles. The molecule has 1 unspecified atom stereocenters. The molecular weight excluding hydrogens is 372 g/mol. The van der Waals surface area contributed by atoms with Crippen LogP contribution < -0.4 is 5.73 Å². The first kappa shape index (κ1) is 21.4. The molecule has 2 aliphatic rings. The molecule has 0 bridgehead atoms. The fourth-order valence-corrected chi connectivity index (χ4v) is 3.16. The summed E-state index contributed by atoms with van der Waals surface area (Å²) in [6.45, 7) is 5.03. The fraction of sp³-hybridized carbons (Fsp3) is 0.556. The van der Waals surface area contributed by atoms with Crippen LogP contribution in [0.3, 0.4) is 0 Å². The normalized spacial score (nSPS) is 29.1. The van der Waals surface area contributed by atoms with Crippen molar-refractivity contribution >= 4 is 23.8 Å². The lowest BCUT2D eigenvalue weighted by molar-refractivity contribution is -0.180.